The molecule has 8 atom stereocenters. The zero-order valence-corrected chi connectivity index (χ0v) is 30.5. The maximum absolute atomic E-state index is 14.0. The second kappa shape index (κ2) is 15.7. The van der Waals surface area contributed by atoms with E-state index < -0.39 is 65.7 Å². The van der Waals surface area contributed by atoms with Crippen LogP contribution >= 0.6 is 11.6 Å². The number of alkyl carbamates (subject to hydrolysis) is 1. The monoisotopic (exact) mass is 721 g/mol. The second-order valence-electron chi connectivity index (χ2n) is 13.2. The molecule has 0 radical (unpaired) electrons. The Balaban J connectivity index is 1.81. The molecule has 1 aromatic rings. The number of aliphatic hydroxyl groups excluding tert-OH is 1. The van der Waals surface area contributed by atoms with E-state index in [-0.39, 0.29) is 43.2 Å². The van der Waals surface area contributed by atoms with Gasteiger partial charge < -0.3 is 43.7 Å². The first-order valence-electron chi connectivity index (χ1n) is 16.5. The number of ether oxygens (including phenoxy) is 5. The highest BCUT2D eigenvalue weighted by Crippen LogP contribution is 2.49. The van der Waals surface area contributed by atoms with E-state index in [2.05, 4.69) is 5.32 Å². The Hall–Kier alpha value is -3.69. The molecule has 3 N–H and O–H groups in total. The van der Waals surface area contributed by atoms with Crippen molar-refractivity contribution < 1.29 is 53.1 Å². The number of benzene rings is 1. The van der Waals surface area contributed by atoms with Crippen LogP contribution in [0.3, 0.4) is 0 Å². The summed E-state index contributed by atoms with van der Waals surface area (Å²) in [6.07, 6.45) is 0.260. The van der Waals surface area contributed by atoms with Gasteiger partial charge in [-0.15, -0.1) is 0 Å². The van der Waals surface area contributed by atoms with E-state index in [0.29, 0.717) is 22.6 Å². The molecule has 0 aromatic heterocycles. The Labute approximate surface area is 297 Å². The number of hydrogen-bond acceptors (Lipinski definition) is 11. The van der Waals surface area contributed by atoms with Crippen LogP contribution < -0.4 is 15.0 Å². The van der Waals surface area contributed by atoms with Crippen LogP contribution in [0.4, 0.5) is 10.5 Å². The lowest BCUT2D eigenvalue weighted by atomic mass is 9.83. The molecule has 2 saturated heterocycles. The fraction of sp³-hybridized carbons (Fsp3) is 0.600. The average Bonchev–Trinajstić information content (AvgIpc) is 3.79. The number of amides is 3. The summed E-state index contributed by atoms with van der Waals surface area (Å²) in [6, 6.07) is 2.44. The predicted octanol–water partition coefficient (Wildman–Crippen LogP) is 2.90. The topological polar surface area (TPSA) is 177 Å². The van der Waals surface area contributed by atoms with Crippen LogP contribution in [-0.4, -0.2) is 116 Å². The maximum Gasteiger partial charge on any atom is 0.409 e. The molecule has 15 heteroatoms. The lowest BCUT2D eigenvalue weighted by Gasteiger charge is -2.42. The molecule has 2 fully saturated rings. The highest BCUT2D eigenvalue weighted by Gasteiger charge is 2.64. The highest BCUT2D eigenvalue weighted by molar-refractivity contribution is 6.35. The number of nitrogens with one attached hydrogen (secondary N) is 1. The number of esters is 1. The first-order valence-corrected chi connectivity index (χ1v) is 16.9. The molecule has 4 bridgehead atoms. The Morgan fingerprint density at radius 3 is 2.58 bits per heavy atom. The van der Waals surface area contributed by atoms with Crippen molar-refractivity contribution in [3.05, 3.63) is 46.5 Å². The molecule has 8 unspecified atom stereocenters. The van der Waals surface area contributed by atoms with Crippen LogP contribution in [0.1, 0.15) is 52.5 Å². The van der Waals surface area contributed by atoms with Crippen molar-refractivity contribution in [2.24, 2.45) is 5.92 Å². The van der Waals surface area contributed by atoms with Crippen molar-refractivity contribution >= 4 is 41.2 Å². The molecule has 0 spiro atoms. The quantitative estimate of drug-likeness (QED) is 0.279. The van der Waals surface area contributed by atoms with Gasteiger partial charge in [-0.1, -0.05) is 43.7 Å². The van der Waals surface area contributed by atoms with Gasteiger partial charge in [-0.25, -0.2) is 9.59 Å². The number of rotatable bonds is 7. The lowest BCUT2D eigenvalue weighted by molar-refractivity contribution is -0.162. The van der Waals surface area contributed by atoms with Crippen LogP contribution in [0.2, 0.25) is 5.02 Å². The molecular formula is C35H48ClN3O11. The molecule has 3 amide bonds. The molecule has 276 valence electrons. The largest absolute Gasteiger partial charge is 0.495 e. The first kappa shape index (κ1) is 39.1. The van der Waals surface area contributed by atoms with E-state index in [9.17, 15) is 29.4 Å². The van der Waals surface area contributed by atoms with E-state index >= 15 is 0 Å². The summed E-state index contributed by atoms with van der Waals surface area (Å²) in [5, 5.41) is 24.5. The third-order valence-corrected chi connectivity index (χ3v) is 10.3. The van der Waals surface area contributed by atoms with Gasteiger partial charge in [-0.05, 0) is 43.5 Å². The zero-order valence-electron chi connectivity index (χ0n) is 29.7. The molecule has 3 aliphatic heterocycles. The van der Waals surface area contributed by atoms with Gasteiger partial charge in [0.15, 0.2) is 5.72 Å². The van der Waals surface area contributed by atoms with Crippen LogP contribution in [0.25, 0.3) is 0 Å². The van der Waals surface area contributed by atoms with Crippen molar-refractivity contribution in [1.29, 1.82) is 0 Å². The van der Waals surface area contributed by atoms with E-state index in [1.165, 1.54) is 45.0 Å². The lowest BCUT2D eigenvalue weighted by Crippen LogP contribution is -2.63. The third-order valence-electron chi connectivity index (χ3n) is 9.93. The Kier molecular flexibility index (Phi) is 12.3. The number of likely N-dealkylation sites (N-methyl/N-ethyl adjacent to an activating group) is 1. The molecule has 0 saturated carbocycles. The minimum Gasteiger partial charge on any atom is -0.495 e. The van der Waals surface area contributed by atoms with Crippen molar-refractivity contribution in [3.8, 4) is 5.75 Å². The van der Waals surface area contributed by atoms with Gasteiger partial charge in [-0.2, -0.15) is 0 Å². The summed E-state index contributed by atoms with van der Waals surface area (Å²) in [5.41, 5.74) is -1.54. The molecule has 50 heavy (non-hydrogen) atoms. The van der Waals surface area contributed by atoms with Crippen LogP contribution in [0.5, 0.6) is 5.75 Å². The van der Waals surface area contributed by atoms with Crippen LogP contribution in [0.15, 0.2) is 35.9 Å². The summed E-state index contributed by atoms with van der Waals surface area (Å²) in [5.74, 6) is -1.72. The minimum atomic E-state index is -1.88. The molecule has 14 nitrogen and oxygen atoms in total. The van der Waals surface area contributed by atoms with E-state index in [1.54, 1.807) is 51.1 Å². The number of carbonyl (C=O) groups is 4. The molecular weight excluding hydrogens is 674 g/mol. The SMILES string of the molecule is CCC(=O)N(C)C(C)C(=O)OC1CC(=O)N(C)c2cc(cc(OC)c2Cl)CC(CO)=C/C=C/C(OC)C2(O)CC(OC(=O)N2)C(C)C2OC12C. The first-order chi connectivity index (χ1) is 23.5. The number of allylic oxidation sites excluding steroid dienone is 2. The number of aliphatic hydroxyl groups is 2. The summed E-state index contributed by atoms with van der Waals surface area (Å²) in [6.45, 7) is 6.38. The number of halogens is 1. The van der Waals surface area contributed by atoms with Gasteiger partial charge in [0, 0.05) is 40.0 Å². The van der Waals surface area contributed by atoms with Gasteiger partial charge in [-0.3, -0.25) is 14.9 Å². The van der Waals surface area contributed by atoms with E-state index in [4.69, 9.17) is 35.3 Å². The number of nitrogens with zero attached hydrogens (tertiary/aromatic N) is 2. The van der Waals surface area contributed by atoms with E-state index in [1.807, 2.05) is 0 Å². The van der Waals surface area contributed by atoms with Crippen molar-refractivity contribution in [2.75, 3.05) is 39.8 Å². The second-order valence-corrected chi connectivity index (χ2v) is 13.6. The van der Waals surface area contributed by atoms with Crippen molar-refractivity contribution in [2.45, 2.75) is 95.2 Å². The van der Waals surface area contributed by atoms with Gasteiger partial charge in [0.05, 0.1) is 31.9 Å². The number of carbonyl (C=O) groups excluding carboxylic acids is 4. The Morgan fingerprint density at radius 2 is 1.96 bits per heavy atom. The number of hydrogen-bond donors (Lipinski definition) is 3. The summed E-state index contributed by atoms with van der Waals surface area (Å²) in [4.78, 5) is 55.3. The summed E-state index contributed by atoms with van der Waals surface area (Å²) in [7, 11) is 5.87. The minimum absolute atomic E-state index is 0.0908. The van der Waals surface area contributed by atoms with Gasteiger partial charge in [0.2, 0.25) is 11.8 Å². The number of epoxide rings is 1. The van der Waals surface area contributed by atoms with Gasteiger partial charge >= 0.3 is 12.1 Å². The maximum atomic E-state index is 14.0. The summed E-state index contributed by atoms with van der Waals surface area (Å²) >= 11 is 6.71. The number of methoxy groups -OCH3 is 2. The van der Waals surface area contributed by atoms with Crippen LogP contribution in [0, 0.1) is 5.92 Å². The highest BCUT2D eigenvalue weighted by atomic mass is 35.5. The molecule has 0 aliphatic carbocycles. The number of anilines is 1. The fourth-order valence-corrected chi connectivity index (χ4v) is 6.80. The van der Waals surface area contributed by atoms with Crippen LogP contribution in [-0.2, 0) is 39.8 Å². The number of fused-ring (bicyclic) bond motifs is 5. The molecule has 3 aliphatic rings. The van der Waals surface area contributed by atoms with Crippen molar-refractivity contribution in [1.82, 2.24) is 10.2 Å². The Morgan fingerprint density at radius 1 is 1.26 bits per heavy atom. The predicted molar refractivity (Wildman–Crippen MR) is 183 cm³/mol. The van der Waals surface area contributed by atoms with Gasteiger partial charge in [0.25, 0.3) is 0 Å². The van der Waals surface area contributed by atoms with Gasteiger partial charge in [0.1, 0.15) is 40.7 Å². The molecule has 1 aromatic carbocycles. The fourth-order valence-electron chi connectivity index (χ4n) is 6.49. The standard InChI is InChI=1S/C35H48ClN3O11/c1-9-28(41)38(5)20(3)32(43)49-27-16-29(42)39(6)23-14-22(15-24(46-7)30(23)36)13-21(18-40)11-10-12-26(47-8)35(45)17-25(48-33(44)37-35)19(2)31-34(27,4)50-31/h10-12,14-15,19-20,25-27,31,40,45H,9,13,16-18H2,1-8H3,(H,37,44)/b12-10+,21-11?. The zero-order chi connectivity index (χ0) is 37.1. The Bertz CT molecular complexity index is 1530. The molecule has 3 heterocycles. The molecule has 4 rings (SSSR count). The van der Waals surface area contributed by atoms with E-state index in [0.717, 1.165) is 0 Å². The normalized spacial score (nSPS) is 31.3. The third kappa shape index (κ3) is 8.10. The smallest absolute Gasteiger partial charge is 0.409 e. The van der Waals surface area contributed by atoms with Crippen molar-refractivity contribution in [3.63, 3.8) is 0 Å². The summed E-state index contributed by atoms with van der Waals surface area (Å²) < 4.78 is 28.9. The average molecular weight is 722 g/mol.